The maximum atomic E-state index is 13.0. The number of carboxylic acid groups (broad SMARTS) is 1. The summed E-state index contributed by atoms with van der Waals surface area (Å²) in [5.41, 5.74) is 7.37. The minimum absolute atomic E-state index is 0.0240. The topological polar surface area (TPSA) is 191 Å². The third-order valence-corrected chi connectivity index (χ3v) is 5.78. The van der Waals surface area contributed by atoms with Gasteiger partial charge in [0.05, 0.1) is 12.6 Å². The predicted molar refractivity (Wildman–Crippen MR) is 140 cm³/mol. The number of benzene rings is 2. The molecule has 11 nitrogen and oxygen atoms in total. The molecule has 0 bridgehead atoms. The van der Waals surface area contributed by atoms with E-state index in [1.165, 1.54) is 12.1 Å². The first-order chi connectivity index (χ1) is 18.0. The Morgan fingerprint density at radius 1 is 0.763 bits per heavy atom. The van der Waals surface area contributed by atoms with Gasteiger partial charge in [-0.25, -0.2) is 4.79 Å². The lowest BCUT2D eigenvalue weighted by atomic mass is 10.0. The van der Waals surface area contributed by atoms with Crippen molar-refractivity contribution in [3.63, 3.8) is 0 Å². The molecule has 3 amide bonds. The Labute approximate surface area is 221 Å². The third kappa shape index (κ3) is 9.83. The number of amides is 3. The standard InChI is InChI=1S/C27H36N4O7/c1-16(2)12-21(25(35)30-22(27(37)38)14-18-8-10-19(33)11-9-18)29-26(36)23(15-32)31-24(34)20(28)13-17-6-4-3-5-7-17/h3-11,16,20-23,32-33H,12-15,28H2,1-2H3,(H,29,36)(H,30,35)(H,31,34)(H,37,38). The molecule has 38 heavy (non-hydrogen) atoms. The summed E-state index contributed by atoms with van der Waals surface area (Å²) < 4.78 is 0. The molecular formula is C27H36N4O7. The predicted octanol–water partition coefficient (Wildman–Crippen LogP) is 0.0821. The normalized spacial score (nSPS) is 14.1. The van der Waals surface area contributed by atoms with E-state index in [0.717, 1.165) is 5.56 Å². The van der Waals surface area contributed by atoms with Crippen molar-refractivity contribution < 1.29 is 34.5 Å². The van der Waals surface area contributed by atoms with Crippen LogP contribution in [-0.2, 0) is 32.0 Å². The second-order valence-corrected chi connectivity index (χ2v) is 9.50. The van der Waals surface area contributed by atoms with Crippen molar-refractivity contribution in [1.82, 2.24) is 16.0 Å². The third-order valence-electron chi connectivity index (χ3n) is 5.78. The lowest BCUT2D eigenvalue weighted by Crippen LogP contribution is -2.58. The van der Waals surface area contributed by atoms with Gasteiger partial charge >= 0.3 is 5.97 Å². The van der Waals surface area contributed by atoms with E-state index in [0.29, 0.717) is 5.56 Å². The fraction of sp³-hybridized carbons (Fsp3) is 0.407. The van der Waals surface area contributed by atoms with E-state index in [4.69, 9.17) is 5.73 Å². The van der Waals surface area contributed by atoms with Crippen molar-refractivity contribution in [2.75, 3.05) is 6.61 Å². The van der Waals surface area contributed by atoms with Crippen LogP contribution in [0.3, 0.4) is 0 Å². The molecule has 2 aromatic rings. The molecule has 8 N–H and O–H groups in total. The zero-order valence-corrected chi connectivity index (χ0v) is 21.5. The van der Waals surface area contributed by atoms with Crippen LogP contribution in [0.15, 0.2) is 54.6 Å². The smallest absolute Gasteiger partial charge is 0.326 e. The maximum absolute atomic E-state index is 13.0. The van der Waals surface area contributed by atoms with E-state index in [1.54, 1.807) is 12.1 Å². The molecule has 0 radical (unpaired) electrons. The van der Waals surface area contributed by atoms with Crippen molar-refractivity contribution >= 4 is 23.7 Å². The second-order valence-electron chi connectivity index (χ2n) is 9.50. The lowest BCUT2D eigenvalue weighted by molar-refractivity contribution is -0.142. The minimum atomic E-state index is -1.36. The molecule has 0 saturated heterocycles. The van der Waals surface area contributed by atoms with Crippen molar-refractivity contribution in [3.8, 4) is 5.75 Å². The molecule has 2 aromatic carbocycles. The number of nitrogens with two attached hydrogens (primary N) is 1. The summed E-state index contributed by atoms with van der Waals surface area (Å²) in [6, 6.07) is 10.2. The number of aliphatic hydroxyl groups is 1. The van der Waals surface area contributed by atoms with Crippen molar-refractivity contribution in [2.24, 2.45) is 11.7 Å². The number of carbonyl (C=O) groups excluding carboxylic acids is 3. The van der Waals surface area contributed by atoms with Gasteiger partial charge < -0.3 is 37.0 Å². The Morgan fingerprint density at radius 3 is 1.84 bits per heavy atom. The zero-order chi connectivity index (χ0) is 28.2. The largest absolute Gasteiger partial charge is 0.508 e. The van der Waals surface area contributed by atoms with Crippen LogP contribution in [-0.4, -0.2) is 69.8 Å². The number of aliphatic carboxylic acids is 1. The van der Waals surface area contributed by atoms with Crippen LogP contribution in [0.4, 0.5) is 0 Å². The number of hydrogen-bond donors (Lipinski definition) is 7. The molecule has 0 saturated carbocycles. The average molecular weight is 529 g/mol. The molecule has 206 valence electrons. The van der Waals surface area contributed by atoms with Gasteiger partial charge in [-0.2, -0.15) is 0 Å². The Hall–Kier alpha value is -3.96. The number of phenols is 1. The lowest BCUT2D eigenvalue weighted by Gasteiger charge is -2.25. The maximum Gasteiger partial charge on any atom is 0.326 e. The molecule has 0 heterocycles. The first kappa shape index (κ1) is 30.3. The SMILES string of the molecule is CC(C)CC(NC(=O)C(CO)NC(=O)C(N)Cc1ccccc1)C(=O)NC(Cc1ccc(O)cc1)C(=O)O. The number of carbonyl (C=O) groups is 4. The van der Waals surface area contributed by atoms with Gasteiger partial charge in [-0.3, -0.25) is 14.4 Å². The van der Waals surface area contributed by atoms with Crippen LogP contribution in [0.2, 0.25) is 0 Å². The highest BCUT2D eigenvalue weighted by atomic mass is 16.4. The Kier molecular flexibility index (Phi) is 11.7. The average Bonchev–Trinajstić information content (AvgIpc) is 2.87. The van der Waals surface area contributed by atoms with Crippen molar-refractivity contribution in [3.05, 3.63) is 65.7 Å². The molecule has 0 aliphatic rings. The summed E-state index contributed by atoms with van der Waals surface area (Å²) in [4.78, 5) is 50.2. The molecule has 0 fully saturated rings. The first-order valence-electron chi connectivity index (χ1n) is 12.3. The fourth-order valence-electron chi connectivity index (χ4n) is 3.75. The molecule has 4 unspecified atom stereocenters. The Bertz CT molecular complexity index is 1080. The quantitative estimate of drug-likeness (QED) is 0.179. The van der Waals surface area contributed by atoms with Crippen LogP contribution in [0, 0.1) is 5.92 Å². The summed E-state index contributed by atoms with van der Waals surface area (Å²) >= 11 is 0. The summed E-state index contributed by atoms with van der Waals surface area (Å²) in [5, 5.41) is 36.2. The van der Waals surface area contributed by atoms with E-state index in [9.17, 15) is 34.5 Å². The molecule has 0 spiro atoms. The fourth-order valence-corrected chi connectivity index (χ4v) is 3.75. The van der Waals surface area contributed by atoms with Crippen molar-refractivity contribution in [2.45, 2.75) is 57.3 Å². The molecule has 0 aliphatic carbocycles. The number of aliphatic hydroxyl groups excluding tert-OH is 1. The van der Waals surface area contributed by atoms with Crippen molar-refractivity contribution in [1.29, 1.82) is 0 Å². The van der Waals surface area contributed by atoms with Crippen LogP contribution in [0.5, 0.6) is 5.75 Å². The monoisotopic (exact) mass is 528 g/mol. The van der Waals surface area contributed by atoms with Crippen LogP contribution < -0.4 is 21.7 Å². The molecule has 11 heteroatoms. The van der Waals surface area contributed by atoms with Gasteiger partial charge in [0.15, 0.2) is 0 Å². The van der Waals surface area contributed by atoms with E-state index < -0.39 is 54.5 Å². The highest BCUT2D eigenvalue weighted by molar-refractivity contribution is 5.94. The molecule has 2 rings (SSSR count). The van der Waals surface area contributed by atoms with Crippen LogP contribution >= 0.6 is 0 Å². The van der Waals surface area contributed by atoms with Gasteiger partial charge in [-0.05, 0) is 42.0 Å². The number of nitrogens with one attached hydrogen (secondary N) is 3. The summed E-state index contributed by atoms with van der Waals surface area (Å²) in [5.74, 6) is -3.47. The van der Waals surface area contributed by atoms with Crippen LogP contribution in [0.1, 0.15) is 31.4 Å². The van der Waals surface area contributed by atoms with Gasteiger partial charge in [0.25, 0.3) is 0 Å². The Morgan fingerprint density at radius 2 is 1.29 bits per heavy atom. The number of phenolic OH excluding ortho intramolecular Hbond substituents is 1. The Balaban J connectivity index is 2.05. The van der Waals surface area contributed by atoms with E-state index in [-0.39, 0.29) is 30.9 Å². The highest BCUT2D eigenvalue weighted by Gasteiger charge is 2.30. The molecular weight excluding hydrogens is 492 g/mol. The second kappa shape index (κ2) is 14.7. The summed E-state index contributed by atoms with van der Waals surface area (Å²) in [6.45, 7) is 2.92. The zero-order valence-electron chi connectivity index (χ0n) is 21.5. The van der Waals surface area contributed by atoms with Gasteiger partial charge in [0.2, 0.25) is 17.7 Å². The van der Waals surface area contributed by atoms with Gasteiger partial charge in [0.1, 0.15) is 23.9 Å². The van der Waals surface area contributed by atoms with Crippen LogP contribution in [0.25, 0.3) is 0 Å². The van der Waals surface area contributed by atoms with E-state index >= 15 is 0 Å². The summed E-state index contributed by atoms with van der Waals surface area (Å²) in [6.07, 6.45) is 0.365. The summed E-state index contributed by atoms with van der Waals surface area (Å²) in [7, 11) is 0. The van der Waals surface area contributed by atoms with Gasteiger partial charge in [0, 0.05) is 6.42 Å². The van der Waals surface area contributed by atoms with Gasteiger partial charge in [-0.15, -0.1) is 0 Å². The van der Waals surface area contributed by atoms with E-state index in [1.807, 2.05) is 44.2 Å². The first-order valence-corrected chi connectivity index (χ1v) is 12.3. The molecule has 4 atom stereocenters. The molecule has 0 aromatic heterocycles. The number of aromatic hydroxyl groups is 1. The number of rotatable bonds is 14. The van der Waals surface area contributed by atoms with Gasteiger partial charge in [-0.1, -0.05) is 56.3 Å². The van der Waals surface area contributed by atoms with E-state index in [2.05, 4.69) is 16.0 Å². The number of hydrogen-bond acceptors (Lipinski definition) is 7. The molecule has 0 aliphatic heterocycles. The minimum Gasteiger partial charge on any atom is -0.508 e. The number of carboxylic acids is 1. The highest BCUT2D eigenvalue weighted by Crippen LogP contribution is 2.12.